The van der Waals surface area contributed by atoms with Gasteiger partial charge in [-0.25, -0.2) is 18.3 Å². The van der Waals surface area contributed by atoms with Crippen molar-refractivity contribution in [2.75, 3.05) is 7.05 Å². The van der Waals surface area contributed by atoms with Crippen LogP contribution in [-0.2, 0) is 13.6 Å². The molecular formula is C22H22F2N6O. The van der Waals surface area contributed by atoms with Gasteiger partial charge in [-0.2, -0.15) is 10.2 Å². The van der Waals surface area contributed by atoms with E-state index in [2.05, 4.69) is 15.2 Å². The molecule has 1 aromatic carbocycles. The number of alkyl halides is 2. The first-order valence-corrected chi connectivity index (χ1v) is 9.73. The predicted molar refractivity (Wildman–Crippen MR) is 112 cm³/mol. The number of halogens is 2. The number of rotatable bonds is 5. The van der Waals surface area contributed by atoms with Crippen molar-refractivity contribution in [3.8, 4) is 11.3 Å². The Bertz CT molecular complexity index is 1260. The minimum atomic E-state index is -2.77. The van der Waals surface area contributed by atoms with Crippen LogP contribution in [0, 0.1) is 13.8 Å². The van der Waals surface area contributed by atoms with Crippen molar-refractivity contribution in [1.82, 2.24) is 29.3 Å². The maximum absolute atomic E-state index is 13.8. The molecule has 160 valence electrons. The topological polar surface area (TPSA) is 68.3 Å². The molecule has 0 radical (unpaired) electrons. The standard InChI is InChI=1S/C22H22F2N6O/c1-13-5-7-15(8-6-13)18-9-19(20(23)24)30-21(27-18)17(11-26-30)22(31)28(3)12-16-10-25-29(4)14(16)2/h5-11,20H,12H2,1-4H3. The molecule has 4 rings (SSSR count). The van der Waals surface area contributed by atoms with Crippen LogP contribution >= 0.6 is 0 Å². The van der Waals surface area contributed by atoms with Gasteiger partial charge in [-0.3, -0.25) is 9.48 Å². The van der Waals surface area contributed by atoms with E-state index in [0.29, 0.717) is 17.8 Å². The fourth-order valence-corrected chi connectivity index (χ4v) is 3.40. The Hall–Kier alpha value is -3.62. The highest BCUT2D eigenvalue weighted by atomic mass is 19.3. The highest BCUT2D eigenvalue weighted by Gasteiger charge is 2.24. The Balaban J connectivity index is 1.76. The van der Waals surface area contributed by atoms with Crippen LogP contribution in [0.4, 0.5) is 8.78 Å². The zero-order chi connectivity index (χ0) is 22.3. The SMILES string of the molecule is Cc1ccc(-c2cc(C(F)F)n3ncc(C(=O)N(C)Cc4cnn(C)c4C)c3n2)cc1. The second-order valence-electron chi connectivity index (χ2n) is 7.57. The minimum absolute atomic E-state index is 0.105. The summed E-state index contributed by atoms with van der Waals surface area (Å²) in [5, 5.41) is 8.22. The molecule has 0 spiro atoms. The summed E-state index contributed by atoms with van der Waals surface area (Å²) in [6.07, 6.45) is 0.230. The summed E-state index contributed by atoms with van der Waals surface area (Å²) in [6, 6.07) is 8.72. The van der Waals surface area contributed by atoms with Crippen molar-refractivity contribution >= 4 is 11.6 Å². The molecule has 4 aromatic rings. The summed E-state index contributed by atoms with van der Waals surface area (Å²) < 4.78 is 30.3. The molecule has 0 N–H and O–H groups in total. The van der Waals surface area contributed by atoms with Crippen LogP contribution in [-0.4, -0.2) is 42.2 Å². The van der Waals surface area contributed by atoms with Crippen LogP contribution in [0.25, 0.3) is 16.9 Å². The van der Waals surface area contributed by atoms with E-state index in [0.717, 1.165) is 21.3 Å². The number of carbonyl (C=O) groups is 1. The van der Waals surface area contributed by atoms with Crippen molar-refractivity contribution in [1.29, 1.82) is 0 Å². The number of hydrogen-bond acceptors (Lipinski definition) is 4. The lowest BCUT2D eigenvalue weighted by Crippen LogP contribution is -2.26. The van der Waals surface area contributed by atoms with Crippen molar-refractivity contribution in [2.45, 2.75) is 26.8 Å². The molecule has 9 heteroatoms. The zero-order valence-corrected chi connectivity index (χ0v) is 17.7. The molecule has 3 heterocycles. The predicted octanol–water partition coefficient (Wildman–Crippen LogP) is 3.96. The van der Waals surface area contributed by atoms with Crippen molar-refractivity contribution in [3.05, 3.63) is 70.8 Å². The van der Waals surface area contributed by atoms with E-state index in [9.17, 15) is 13.6 Å². The summed E-state index contributed by atoms with van der Waals surface area (Å²) in [5.41, 5.74) is 3.90. The lowest BCUT2D eigenvalue weighted by molar-refractivity contribution is 0.0786. The van der Waals surface area contributed by atoms with E-state index in [1.165, 1.54) is 17.2 Å². The van der Waals surface area contributed by atoms with E-state index in [1.807, 2.05) is 45.2 Å². The van der Waals surface area contributed by atoms with Gasteiger partial charge in [0.15, 0.2) is 5.65 Å². The van der Waals surface area contributed by atoms with Crippen LogP contribution in [0.3, 0.4) is 0 Å². The van der Waals surface area contributed by atoms with Gasteiger partial charge in [0.1, 0.15) is 11.3 Å². The number of aromatic nitrogens is 5. The molecular weight excluding hydrogens is 402 g/mol. The van der Waals surface area contributed by atoms with E-state index in [4.69, 9.17) is 0 Å². The van der Waals surface area contributed by atoms with Crippen LogP contribution in [0.5, 0.6) is 0 Å². The number of benzene rings is 1. The maximum Gasteiger partial charge on any atom is 0.280 e. The van der Waals surface area contributed by atoms with E-state index in [1.54, 1.807) is 17.9 Å². The molecule has 0 aliphatic carbocycles. The highest BCUT2D eigenvalue weighted by molar-refractivity contribution is 5.99. The van der Waals surface area contributed by atoms with Gasteiger partial charge in [0.2, 0.25) is 0 Å². The molecule has 0 bridgehead atoms. The van der Waals surface area contributed by atoms with Crippen molar-refractivity contribution < 1.29 is 13.6 Å². The average Bonchev–Trinajstić information content (AvgIpc) is 3.31. The second-order valence-corrected chi connectivity index (χ2v) is 7.57. The van der Waals surface area contributed by atoms with Gasteiger partial charge in [0, 0.05) is 37.5 Å². The first kappa shape index (κ1) is 20.6. The Morgan fingerprint density at radius 2 is 1.84 bits per heavy atom. The zero-order valence-electron chi connectivity index (χ0n) is 17.7. The van der Waals surface area contributed by atoms with E-state index < -0.39 is 6.43 Å². The maximum atomic E-state index is 13.8. The molecule has 0 aliphatic heterocycles. The van der Waals surface area contributed by atoms with Gasteiger partial charge in [0.05, 0.1) is 18.1 Å². The molecule has 0 aliphatic rings. The molecule has 0 atom stereocenters. The van der Waals surface area contributed by atoms with Gasteiger partial charge in [-0.1, -0.05) is 29.8 Å². The van der Waals surface area contributed by atoms with Crippen LogP contribution in [0.1, 0.15) is 39.3 Å². The first-order valence-electron chi connectivity index (χ1n) is 9.73. The Kier molecular flexibility index (Phi) is 5.26. The third-order valence-corrected chi connectivity index (χ3v) is 5.39. The van der Waals surface area contributed by atoms with Crippen LogP contribution in [0.2, 0.25) is 0 Å². The summed E-state index contributed by atoms with van der Waals surface area (Å²) in [7, 11) is 3.48. The Morgan fingerprint density at radius 3 is 2.45 bits per heavy atom. The second kappa shape index (κ2) is 7.90. The van der Waals surface area contributed by atoms with Gasteiger partial charge in [-0.05, 0) is 19.9 Å². The third-order valence-electron chi connectivity index (χ3n) is 5.39. The van der Waals surface area contributed by atoms with E-state index in [-0.39, 0.29) is 22.8 Å². The summed E-state index contributed by atoms with van der Waals surface area (Å²) >= 11 is 0. The number of fused-ring (bicyclic) bond motifs is 1. The molecule has 0 fully saturated rings. The normalized spacial score (nSPS) is 11.5. The Labute approximate surface area is 177 Å². The molecule has 1 amide bonds. The summed E-state index contributed by atoms with van der Waals surface area (Å²) in [4.78, 5) is 19.2. The van der Waals surface area contributed by atoms with Crippen LogP contribution in [0.15, 0.2) is 42.7 Å². The van der Waals surface area contributed by atoms with Crippen molar-refractivity contribution in [2.24, 2.45) is 7.05 Å². The molecule has 0 unspecified atom stereocenters. The highest BCUT2D eigenvalue weighted by Crippen LogP contribution is 2.27. The van der Waals surface area contributed by atoms with Crippen LogP contribution < -0.4 is 0 Å². The minimum Gasteiger partial charge on any atom is -0.337 e. The molecule has 0 saturated carbocycles. The number of aryl methyl sites for hydroxylation is 2. The summed E-state index contributed by atoms with van der Waals surface area (Å²) in [5.74, 6) is -0.355. The lowest BCUT2D eigenvalue weighted by Gasteiger charge is -2.16. The summed E-state index contributed by atoms with van der Waals surface area (Å²) in [6.45, 7) is 4.19. The monoisotopic (exact) mass is 424 g/mol. The molecule has 31 heavy (non-hydrogen) atoms. The number of amides is 1. The lowest BCUT2D eigenvalue weighted by atomic mass is 10.1. The molecule has 7 nitrogen and oxygen atoms in total. The quantitative estimate of drug-likeness (QED) is 0.486. The molecule has 0 saturated heterocycles. The number of carbonyl (C=O) groups excluding carboxylic acids is 1. The van der Waals surface area contributed by atoms with Gasteiger partial charge in [0.25, 0.3) is 12.3 Å². The Morgan fingerprint density at radius 1 is 1.13 bits per heavy atom. The largest absolute Gasteiger partial charge is 0.337 e. The number of hydrogen-bond donors (Lipinski definition) is 0. The van der Waals surface area contributed by atoms with Crippen molar-refractivity contribution in [3.63, 3.8) is 0 Å². The first-order chi connectivity index (χ1) is 14.8. The van der Waals surface area contributed by atoms with Gasteiger partial charge < -0.3 is 4.90 Å². The van der Waals surface area contributed by atoms with Gasteiger partial charge >= 0.3 is 0 Å². The smallest absolute Gasteiger partial charge is 0.280 e. The third kappa shape index (κ3) is 3.78. The average molecular weight is 424 g/mol. The van der Waals surface area contributed by atoms with Gasteiger partial charge in [-0.15, -0.1) is 0 Å². The van der Waals surface area contributed by atoms with E-state index >= 15 is 0 Å². The molecule has 3 aromatic heterocycles. The fourth-order valence-electron chi connectivity index (χ4n) is 3.40. The fraction of sp³-hybridized carbons (Fsp3) is 0.273. The number of nitrogens with zero attached hydrogens (tertiary/aromatic N) is 6.